The second-order valence-corrected chi connectivity index (χ2v) is 4.51. The van der Waals surface area contributed by atoms with Crippen LogP contribution in [0.3, 0.4) is 0 Å². The van der Waals surface area contributed by atoms with Gasteiger partial charge in [-0.1, -0.05) is 12.8 Å². The van der Waals surface area contributed by atoms with E-state index < -0.39 is 5.97 Å². The molecule has 0 spiro atoms. The summed E-state index contributed by atoms with van der Waals surface area (Å²) in [5, 5.41) is 8.90. The SMILES string of the molecule is C#CCN(CCC)C(=O)C1CCC(C(=O)O)C1. The Morgan fingerprint density at radius 1 is 1.41 bits per heavy atom. The maximum atomic E-state index is 12.1. The van der Waals surface area contributed by atoms with Gasteiger partial charge in [-0.25, -0.2) is 0 Å². The summed E-state index contributed by atoms with van der Waals surface area (Å²) in [6, 6.07) is 0. The third-order valence-electron chi connectivity index (χ3n) is 3.22. The van der Waals surface area contributed by atoms with Crippen molar-refractivity contribution in [1.82, 2.24) is 4.90 Å². The normalized spacial score (nSPS) is 23.1. The maximum absolute atomic E-state index is 12.1. The number of carbonyl (C=O) groups is 2. The molecular formula is C13H19NO3. The summed E-state index contributed by atoms with van der Waals surface area (Å²) in [5.41, 5.74) is 0. The van der Waals surface area contributed by atoms with E-state index in [-0.39, 0.29) is 17.7 Å². The molecule has 0 heterocycles. The zero-order valence-corrected chi connectivity index (χ0v) is 10.2. The van der Waals surface area contributed by atoms with Crippen LogP contribution >= 0.6 is 0 Å². The molecule has 0 aromatic heterocycles. The number of carbonyl (C=O) groups excluding carboxylic acids is 1. The van der Waals surface area contributed by atoms with E-state index in [1.54, 1.807) is 4.90 Å². The van der Waals surface area contributed by atoms with Crippen molar-refractivity contribution in [3.63, 3.8) is 0 Å². The van der Waals surface area contributed by atoms with E-state index in [0.29, 0.717) is 32.4 Å². The number of hydrogen-bond acceptors (Lipinski definition) is 2. The molecule has 2 unspecified atom stereocenters. The fourth-order valence-corrected chi connectivity index (χ4v) is 2.34. The molecule has 1 aliphatic carbocycles. The van der Waals surface area contributed by atoms with Gasteiger partial charge in [0.15, 0.2) is 0 Å². The minimum atomic E-state index is -0.792. The maximum Gasteiger partial charge on any atom is 0.306 e. The average Bonchev–Trinajstić information content (AvgIpc) is 2.77. The highest BCUT2D eigenvalue weighted by Crippen LogP contribution is 2.32. The van der Waals surface area contributed by atoms with Crippen molar-refractivity contribution >= 4 is 11.9 Å². The first-order chi connectivity index (χ1) is 8.10. The highest BCUT2D eigenvalue weighted by Gasteiger charge is 2.35. The largest absolute Gasteiger partial charge is 0.481 e. The molecule has 1 aliphatic rings. The smallest absolute Gasteiger partial charge is 0.306 e. The third kappa shape index (κ3) is 3.48. The van der Waals surface area contributed by atoms with Crippen LogP contribution in [0.2, 0.25) is 0 Å². The van der Waals surface area contributed by atoms with Crippen molar-refractivity contribution in [2.75, 3.05) is 13.1 Å². The first-order valence-corrected chi connectivity index (χ1v) is 6.05. The van der Waals surface area contributed by atoms with Crippen molar-refractivity contribution in [2.45, 2.75) is 32.6 Å². The number of rotatable bonds is 5. The number of carboxylic acid groups (broad SMARTS) is 1. The van der Waals surface area contributed by atoms with Gasteiger partial charge in [0.1, 0.15) is 0 Å². The van der Waals surface area contributed by atoms with Crippen LogP contribution in [0.5, 0.6) is 0 Å². The average molecular weight is 237 g/mol. The van der Waals surface area contributed by atoms with Crippen molar-refractivity contribution < 1.29 is 14.7 Å². The lowest BCUT2D eigenvalue weighted by molar-refractivity contribution is -0.141. The molecule has 0 aliphatic heterocycles. The molecule has 2 atom stereocenters. The molecule has 4 nitrogen and oxygen atoms in total. The Bertz CT molecular complexity index is 332. The lowest BCUT2D eigenvalue weighted by atomic mass is 10.0. The Labute approximate surface area is 102 Å². The standard InChI is InChI=1S/C13H19NO3/c1-3-7-14(8-4-2)12(15)10-5-6-11(9-10)13(16)17/h1,10-11H,4-9H2,2H3,(H,16,17). The first-order valence-electron chi connectivity index (χ1n) is 6.05. The summed E-state index contributed by atoms with van der Waals surface area (Å²) < 4.78 is 0. The van der Waals surface area contributed by atoms with Crippen LogP contribution in [-0.4, -0.2) is 35.0 Å². The molecule has 1 fully saturated rings. The zero-order chi connectivity index (χ0) is 12.8. The molecule has 0 aromatic carbocycles. The predicted octanol–water partition coefficient (Wildman–Crippen LogP) is 1.36. The van der Waals surface area contributed by atoms with E-state index in [2.05, 4.69) is 5.92 Å². The molecule has 1 N–H and O–H groups in total. The van der Waals surface area contributed by atoms with Gasteiger partial charge in [0.2, 0.25) is 5.91 Å². The molecule has 0 radical (unpaired) electrons. The van der Waals surface area contributed by atoms with Gasteiger partial charge in [-0.3, -0.25) is 9.59 Å². The number of nitrogens with zero attached hydrogens (tertiary/aromatic N) is 1. The van der Waals surface area contributed by atoms with E-state index in [4.69, 9.17) is 11.5 Å². The van der Waals surface area contributed by atoms with Gasteiger partial charge < -0.3 is 10.0 Å². The zero-order valence-electron chi connectivity index (χ0n) is 10.2. The molecule has 0 saturated heterocycles. The molecular weight excluding hydrogens is 218 g/mol. The lowest BCUT2D eigenvalue weighted by Gasteiger charge is -2.23. The van der Waals surface area contributed by atoms with Crippen LogP contribution in [0, 0.1) is 24.2 Å². The van der Waals surface area contributed by atoms with Gasteiger partial charge in [-0.2, -0.15) is 0 Å². The molecule has 1 amide bonds. The summed E-state index contributed by atoms with van der Waals surface area (Å²) in [4.78, 5) is 24.6. The molecule has 94 valence electrons. The van der Waals surface area contributed by atoms with E-state index in [1.165, 1.54) is 0 Å². The van der Waals surface area contributed by atoms with Gasteiger partial charge in [0.25, 0.3) is 0 Å². The molecule has 4 heteroatoms. The van der Waals surface area contributed by atoms with Crippen molar-refractivity contribution in [3.8, 4) is 12.3 Å². The monoisotopic (exact) mass is 237 g/mol. The Hall–Kier alpha value is -1.50. The third-order valence-corrected chi connectivity index (χ3v) is 3.22. The van der Waals surface area contributed by atoms with Crippen LogP contribution in [0.25, 0.3) is 0 Å². The van der Waals surface area contributed by atoms with Gasteiger partial charge in [-0.05, 0) is 25.7 Å². The van der Waals surface area contributed by atoms with Crippen LogP contribution in [-0.2, 0) is 9.59 Å². The Kier molecular flexibility index (Phi) is 5.02. The number of carboxylic acids is 1. The van der Waals surface area contributed by atoms with Crippen LogP contribution in [0.15, 0.2) is 0 Å². The molecule has 0 bridgehead atoms. The molecule has 1 rings (SSSR count). The van der Waals surface area contributed by atoms with Crippen LogP contribution < -0.4 is 0 Å². The lowest BCUT2D eigenvalue weighted by Crippen LogP contribution is -2.36. The summed E-state index contributed by atoms with van der Waals surface area (Å²) in [7, 11) is 0. The van der Waals surface area contributed by atoms with E-state index in [0.717, 1.165) is 6.42 Å². The van der Waals surface area contributed by atoms with Crippen molar-refractivity contribution in [1.29, 1.82) is 0 Å². The van der Waals surface area contributed by atoms with E-state index >= 15 is 0 Å². The minimum absolute atomic E-state index is 0.0218. The Morgan fingerprint density at radius 2 is 2.06 bits per heavy atom. The number of hydrogen-bond donors (Lipinski definition) is 1. The predicted molar refractivity (Wildman–Crippen MR) is 64.2 cm³/mol. The van der Waals surface area contributed by atoms with E-state index in [9.17, 15) is 9.59 Å². The minimum Gasteiger partial charge on any atom is -0.481 e. The van der Waals surface area contributed by atoms with Crippen molar-refractivity contribution in [3.05, 3.63) is 0 Å². The van der Waals surface area contributed by atoms with Crippen LogP contribution in [0.1, 0.15) is 32.6 Å². The molecule has 1 saturated carbocycles. The number of terminal acetylenes is 1. The Balaban J connectivity index is 2.57. The number of amides is 1. The summed E-state index contributed by atoms with van der Waals surface area (Å²) >= 11 is 0. The first kappa shape index (κ1) is 13.6. The molecule has 0 aromatic rings. The fraction of sp³-hybridized carbons (Fsp3) is 0.692. The quantitative estimate of drug-likeness (QED) is 0.734. The van der Waals surface area contributed by atoms with E-state index in [1.807, 2.05) is 6.92 Å². The van der Waals surface area contributed by atoms with Crippen molar-refractivity contribution in [2.24, 2.45) is 11.8 Å². The number of aliphatic carboxylic acids is 1. The Morgan fingerprint density at radius 3 is 2.53 bits per heavy atom. The van der Waals surface area contributed by atoms with Gasteiger partial charge >= 0.3 is 5.97 Å². The second kappa shape index (κ2) is 6.29. The fourth-order valence-electron chi connectivity index (χ4n) is 2.34. The van der Waals surface area contributed by atoms with Crippen LogP contribution in [0.4, 0.5) is 0 Å². The van der Waals surface area contributed by atoms with Gasteiger partial charge in [0, 0.05) is 12.5 Å². The molecule has 17 heavy (non-hydrogen) atoms. The summed E-state index contributed by atoms with van der Waals surface area (Å²) in [6.45, 7) is 2.96. The van der Waals surface area contributed by atoms with Gasteiger partial charge in [-0.15, -0.1) is 6.42 Å². The van der Waals surface area contributed by atoms with Gasteiger partial charge in [0.05, 0.1) is 12.5 Å². The highest BCUT2D eigenvalue weighted by atomic mass is 16.4. The highest BCUT2D eigenvalue weighted by molar-refractivity contribution is 5.81. The summed E-state index contributed by atoms with van der Waals surface area (Å²) in [5.74, 6) is 1.19. The summed E-state index contributed by atoms with van der Waals surface area (Å²) in [6.07, 6.45) is 7.82. The second-order valence-electron chi connectivity index (χ2n) is 4.51. The topological polar surface area (TPSA) is 57.6 Å².